The average Bonchev–Trinajstić information content (AvgIpc) is 2.34. The third kappa shape index (κ3) is 2.63. The minimum Gasteiger partial charge on any atom is -0.459 e. The van der Waals surface area contributed by atoms with E-state index in [4.69, 9.17) is 4.74 Å². The lowest BCUT2D eigenvalue weighted by Gasteiger charge is -2.59. The van der Waals surface area contributed by atoms with E-state index in [0.717, 1.165) is 18.3 Å². The zero-order valence-electron chi connectivity index (χ0n) is 11.9. The molecule has 1 unspecified atom stereocenters. The molecule has 0 aromatic heterocycles. The van der Waals surface area contributed by atoms with E-state index in [1.165, 1.54) is 32.1 Å². The second-order valence-electron chi connectivity index (χ2n) is 7.22. The summed E-state index contributed by atoms with van der Waals surface area (Å²) in [6.07, 6.45) is 7.54. The molecular weight excluding hydrogens is 248 g/mol. The fourth-order valence-corrected chi connectivity index (χ4v) is 4.77. The van der Waals surface area contributed by atoms with Gasteiger partial charge in [-0.05, 0) is 69.1 Å². The van der Waals surface area contributed by atoms with Crippen LogP contribution in [0.15, 0.2) is 0 Å². The molecule has 0 aliphatic heterocycles. The van der Waals surface area contributed by atoms with E-state index in [1.807, 2.05) is 6.92 Å². The van der Waals surface area contributed by atoms with Gasteiger partial charge in [-0.25, -0.2) is 0 Å². The Morgan fingerprint density at radius 3 is 1.95 bits per heavy atom. The molecule has 0 N–H and O–H groups in total. The van der Waals surface area contributed by atoms with Gasteiger partial charge in [-0.15, -0.1) is 0 Å². The molecule has 2 heteroatoms. The van der Waals surface area contributed by atoms with E-state index >= 15 is 0 Å². The molecule has 4 rings (SSSR count). The van der Waals surface area contributed by atoms with Gasteiger partial charge in [-0.3, -0.25) is 4.79 Å². The molecule has 0 aromatic carbocycles. The van der Waals surface area contributed by atoms with Gasteiger partial charge in [0.15, 0.2) is 0 Å². The Bertz CT molecular complexity index is 319. The van der Waals surface area contributed by atoms with Gasteiger partial charge in [0.1, 0.15) is 5.60 Å². The van der Waals surface area contributed by atoms with Crippen molar-refractivity contribution in [3.63, 3.8) is 0 Å². The number of rotatable bonds is 3. The third-order valence-electron chi connectivity index (χ3n) is 6.09. The van der Waals surface area contributed by atoms with Crippen LogP contribution in [0, 0.1) is 29.6 Å². The molecular formula is C18H34O2. The van der Waals surface area contributed by atoms with E-state index < -0.39 is 0 Å². The zero-order chi connectivity index (χ0) is 12.9. The molecule has 4 aliphatic rings. The molecule has 4 bridgehead atoms. The molecule has 0 aromatic rings. The van der Waals surface area contributed by atoms with Crippen molar-refractivity contribution in [3.8, 4) is 0 Å². The van der Waals surface area contributed by atoms with Crippen molar-refractivity contribution in [2.24, 2.45) is 29.6 Å². The Balaban J connectivity index is 0.000001000. The Morgan fingerprint density at radius 1 is 1.10 bits per heavy atom. The van der Waals surface area contributed by atoms with Crippen molar-refractivity contribution >= 4 is 5.97 Å². The summed E-state index contributed by atoms with van der Waals surface area (Å²) in [5.74, 6) is 3.24. The molecule has 1 atom stereocenters. The van der Waals surface area contributed by atoms with Crippen LogP contribution in [0.4, 0.5) is 0 Å². The van der Waals surface area contributed by atoms with Crippen LogP contribution in [-0.2, 0) is 9.53 Å². The molecule has 4 saturated carbocycles. The van der Waals surface area contributed by atoms with Crippen LogP contribution < -0.4 is 0 Å². The molecule has 0 heterocycles. The van der Waals surface area contributed by atoms with E-state index in [9.17, 15) is 4.79 Å². The molecule has 20 heavy (non-hydrogen) atoms. The normalized spacial score (nSPS) is 42.4. The van der Waals surface area contributed by atoms with E-state index in [0.29, 0.717) is 11.8 Å². The van der Waals surface area contributed by atoms with Crippen LogP contribution in [0.3, 0.4) is 0 Å². The predicted octanol–water partition coefficient (Wildman–Crippen LogP) is 5.06. The quantitative estimate of drug-likeness (QED) is 0.676. The summed E-state index contributed by atoms with van der Waals surface area (Å²) in [6, 6.07) is 0. The predicted molar refractivity (Wildman–Crippen MR) is 84.5 cm³/mol. The number of hydrogen-bond donors (Lipinski definition) is 0. The summed E-state index contributed by atoms with van der Waals surface area (Å²) in [5.41, 5.74) is -0.145. The Morgan fingerprint density at radius 2 is 1.55 bits per heavy atom. The highest BCUT2D eigenvalue weighted by atomic mass is 16.6. The summed E-state index contributed by atoms with van der Waals surface area (Å²) >= 11 is 0. The van der Waals surface area contributed by atoms with E-state index in [1.54, 1.807) is 0 Å². The molecule has 4 aliphatic carbocycles. The second kappa shape index (κ2) is 6.07. The van der Waals surface area contributed by atoms with Gasteiger partial charge in [0.25, 0.3) is 0 Å². The third-order valence-corrected chi connectivity index (χ3v) is 6.09. The first-order valence-corrected chi connectivity index (χ1v) is 7.75. The topological polar surface area (TPSA) is 26.3 Å². The Hall–Kier alpha value is -0.530. The highest BCUT2D eigenvalue weighted by Crippen LogP contribution is 2.59. The van der Waals surface area contributed by atoms with Gasteiger partial charge in [0.05, 0.1) is 5.92 Å². The van der Waals surface area contributed by atoms with Crippen molar-refractivity contribution in [1.29, 1.82) is 0 Å². The zero-order valence-corrected chi connectivity index (χ0v) is 11.9. The van der Waals surface area contributed by atoms with Crippen LogP contribution >= 0.6 is 0 Å². The maximum absolute atomic E-state index is 12.1. The van der Waals surface area contributed by atoms with Gasteiger partial charge < -0.3 is 4.74 Å². The fourth-order valence-electron chi connectivity index (χ4n) is 4.77. The van der Waals surface area contributed by atoms with Gasteiger partial charge in [-0.1, -0.05) is 28.7 Å². The highest BCUT2D eigenvalue weighted by Gasteiger charge is 2.57. The summed E-state index contributed by atoms with van der Waals surface area (Å²) < 4.78 is 6.03. The molecule has 0 spiro atoms. The standard InChI is InChI=1S/C16H26O2.2CH4/c1-4-10(2)15(17)18-16(3)13-6-11-5-12(8-13)9-14(16)7-11;;/h10-14H,4-9H2,1-3H3;2*1H4. The maximum atomic E-state index is 12.1. The summed E-state index contributed by atoms with van der Waals surface area (Å²) in [4.78, 5) is 12.1. The van der Waals surface area contributed by atoms with Crippen LogP contribution in [0.25, 0.3) is 0 Å². The lowest BCUT2D eigenvalue weighted by molar-refractivity contribution is -0.206. The largest absolute Gasteiger partial charge is 0.459 e. The van der Waals surface area contributed by atoms with Crippen LogP contribution in [0.5, 0.6) is 0 Å². The van der Waals surface area contributed by atoms with Gasteiger partial charge in [0.2, 0.25) is 0 Å². The molecule has 118 valence electrons. The number of ether oxygens (including phenoxy) is 1. The van der Waals surface area contributed by atoms with Gasteiger partial charge in [-0.2, -0.15) is 0 Å². The minimum absolute atomic E-state index is 0. The first-order chi connectivity index (χ1) is 8.53. The smallest absolute Gasteiger partial charge is 0.309 e. The van der Waals surface area contributed by atoms with Crippen molar-refractivity contribution in [2.45, 2.75) is 79.8 Å². The molecule has 0 amide bonds. The van der Waals surface area contributed by atoms with Crippen LogP contribution in [-0.4, -0.2) is 11.6 Å². The van der Waals surface area contributed by atoms with Crippen molar-refractivity contribution in [3.05, 3.63) is 0 Å². The second-order valence-corrected chi connectivity index (χ2v) is 7.22. The first-order valence-electron chi connectivity index (χ1n) is 7.75. The number of esters is 1. The minimum atomic E-state index is -0.145. The maximum Gasteiger partial charge on any atom is 0.309 e. The first kappa shape index (κ1) is 17.5. The summed E-state index contributed by atoms with van der Waals surface area (Å²) in [7, 11) is 0. The summed E-state index contributed by atoms with van der Waals surface area (Å²) in [6.45, 7) is 6.27. The Kier molecular flexibility index (Phi) is 5.32. The lowest BCUT2D eigenvalue weighted by Crippen LogP contribution is -2.58. The number of hydrogen-bond acceptors (Lipinski definition) is 2. The van der Waals surface area contributed by atoms with Gasteiger partial charge >= 0.3 is 5.97 Å². The highest BCUT2D eigenvalue weighted by molar-refractivity contribution is 5.72. The van der Waals surface area contributed by atoms with Crippen LogP contribution in [0.1, 0.15) is 74.1 Å². The number of carbonyl (C=O) groups excluding carboxylic acids is 1. The van der Waals surface area contributed by atoms with Crippen LogP contribution in [0.2, 0.25) is 0 Å². The van der Waals surface area contributed by atoms with Gasteiger partial charge in [0, 0.05) is 0 Å². The average molecular weight is 282 g/mol. The van der Waals surface area contributed by atoms with Crippen molar-refractivity contribution in [1.82, 2.24) is 0 Å². The fraction of sp³-hybridized carbons (Fsp3) is 0.944. The lowest BCUT2D eigenvalue weighted by atomic mass is 9.50. The number of carbonyl (C=O) groups is 1. The molecule has 4 fully saturated rings. The monoisotopic (exact) mass is 282 g/mol. The van der Waals surface area contributed by atoms with Crippen molar-refractivity contribution in [2.75, 3.05) is 0 Å². The molecule has 2 nitrogen and oxygen atoms in total. The molecule has 0 saturated heterocycles. The van der Waals surface area contributed by atoms with E-state index in [2.05, 4.69) is 13.8 Å². The summed E-state index contributed by atoms with van der Waals surface area (Å²) in [5, 5.41) is 0. The Labute approximate surface area is 125 Å². The van der Waals surface area contributed by atoms with Crippen molar-refractivity contribution < 1.29 is 9.53 Å². The van der Waals surface area contributed by atoms with E-state index in [-0.39, 0.29) is 32.3 Å². The SMILES string of the molecule is C.C.CCC(C)C(=O)OC1(C)C2CC3CC(C2)CC1C3. The molecule has 0 radical (unpaired) electrons.